The number of methoxy groups -OCH3 is 1. The Morgan fingerprint density at radius 1 is 1.12 bits per heavy atom. The molecular weight excluding hydrogens is 445 g/mol. The molecule has 170 valence electrons. The molecule has 5 rings (SSSR count). The number of nitrogens with zero attached hydrogens (tertiary/aromatic N) is 4. The van der Waals surface area contributed by atoms with Crippen molar-refractivity contribution in [2.45, 2.75) is 6.42 Å². The number of amides is 2. The van der Waals surface area contributed by atoms with Crippen LogP contribution in [0, 0.1) is 5.82 Å². The first-order valence-electron chi connectivity index (χ1n) is 10.6. The number of hydrogen-bond acceptors (Lipinski definition) is 6. The highest BCUT2D eigenvalue weighted by atomic mass is 32.1. The van der Waals surface area contributed by atoms with Crippen LogP contribution in [0.25, 0.3) is 16.6 Å². The Balaban J connectivity index is 1.36. The zero-order valence-electron chi connectivity index (χ0n) is 18.0. The number of nitrogens with one attached hydrogen (secondary N) is 1. The van der Waals surface area contributed by atoms with Gasteiger partial charge in [0.1, 0.15) is 10.7 Å². The number of ether oxygens (including phenoxy) is 1. The zero-order valence-corrected chi connectivity index (χ0v) is 18.8. The molecule has 0 bridgehead atoms. The number of rotatable bonds is 3. The van der Waals surface area contributed by atoms with Crippen LogP contribution >= 0.6 is 11.3 Å². The topological polar surface area (TPSA) is 79.2 Å². The minimum atomic E-state index is -0.475. The lowest BCUT2D eigenvalue weighted by molar-refractivity contribution is 0.0607. The van der Waals surface area contributed by atoms with Gasteiger partial charge in [-0.2, -0.15) is 0 Å². The largest absolute Gasteiger partial charge is 0.465 e. The summed E-state index contributed by atoms with van der Waals surface area (Å²) in [5.41, 5.74) is 2.81. The highest BCUT2D eigenvalue weighted by molar-refractivity contribution is 7.12. The normalized spacial score (nSPS) is 14.5. The molecule has 1 saturated heterocycles. The molecule has 0 radical (unpaired) electrons. The van der Waals surface area contributed by atoms with Crippen molar-refractivity contribution in [2.24, 2.45) is 0 Å². The molecule has 0 atom stereocenters. The molecule has 0 spiro atoms. The molecule has 2 amide bonds. The predicted molar refractivity (Wildman–Crippen MR) is 126 cm³/mol. The fraction of sp³-hybridized carbons (Fsp3) is 0.261. The zero-order chi connectivity index (χ0) is 22.9. The summed E-state index contributed by atoms with van der Waals surface area (Å²) < 4.78 is 20.6. The van der Waals surface area contributed by atoms with Crippen LogP contribution < -0.4 is 10.2 Å². The van der Waals surface area contributed by atoms with Crippen molar-refractivity contribution in [3.8, 4) is 0 Å². The van der Waals surface area contributed by atoms with Crippen molar-refractivity contribution in [3.63, 3.8) is 0 Å². The molecule has 1 aromatic carbocycles. The minimum Gasteiger partial charge on any atom is -0.465 e. The summed E-state index contributed by atoms with van der Waals surface area (Å²) in [7, 11) is 1.31. The maximum absolute atomic E-state index is 13.9. The third kappa shape index (κ3) is 3.97. The number of benzene rings is 1. The first-order chi connectivity index (χ1) is 16.0. The third-order valence-electron chi connectivity index (χ3n) is 5.76. The number of hydrogen-bond donors (Lipinski definition) is 1. The molecule has 8 nitrogen and oxygen atoms in total. The van der Waals surface area contributed by atoms with Gasteiger partial charge in [0.2, 0.25) is 0 Å². The quantitative estimate of drug-likeness (QED) is 0.457. The number of fused-ring (bicyclic) bond motifs is 3. The van der Waals surface area contributed by atoms with E-state index in [4.69, 9.17) is 9.72 Å². The van der Waals surface area contributed by atoms with E-state index in [1.54, 1.807) is 22.4 Å². The summed E-state index contributed by atoms with van der Waals surface area (Å²) in [6, 6.07) is 9.98. The Kier molecular flexibility index (Phi) is 5.59. The number of halogens is 1. The average molecular weight is 468 g/mol. The van der Waals surface area contributed by atoms with E-state index in [1.807, 2.05) is 22.7 Å². The predicted octanol–water partition coefficient (Wildman–Crippen LogP) is 4.22. The van der Waals surface area contributed by atoms with E-state index >= 15 is 0 Å². The van der Waals surface area contributed by atoms with Crippen LogP contribution in [-0.4, -0.2) is 59.6 Å². The third-order valence-corrected chi connectivity index (χ3v) is 6.66. The second-order valence-electron chi connectivity index (χ2n) is 7.74. The minimum absolute atomic E-state index is 0.262. The second-order valence-corrected chi connectivity index (χ2v) is 8.66. The summed E-state index contributed by atoms with van der Waals surface area (Å²) >= 11 is 1.22. The van der Waals surface area contributed by atoms with Gasteiger partial charge >= 0.3 is 12.0 Å². The van der Waals surface area contributed by atoms with Crippen LogP contribution in [0.1, 0.15) is 16.1 Å². The van der Waals surface area contributed by atoms with Crippen LogP contribution in [0.5, 0.6) is 0 Å². The van der Waals surface area contributed by atoms with Crippen molar-refractivity contribution < 1.29 is 18.7 Å². The molecule has 1 aliphatic heterocycles. The van der Waals surface area contributed by atoms with Gasteiger partial charge in [0.05, 0.1) is 29.3 Å². The van der Waals surface area contributed by atoms with Crippen molar-refractivity contribution in [3.05, 3.63) is 58.7 Å². The summed E-state index contributed by atoms with van der Waals surface area (Å²) in [6.45, 7) is 2.35. The van der Waals surface area contributed by atoms with Crippen molar-refractivity contribution in [1.29, 1.82) is 0 Å². The van der Waals surface area contributed by atoms with Gasteiger partial charge in [-0.1, -0.05) is 0 Å². The lowest BCUT2D eigenvalue weighted by atomic mass is 10.2. The molecular formula is C23H22FN5O3S. The summed E-state index contributed by atoms with van der Waals surface area (Å²) in [6.07, 6.45) is 2.69. The van der Waals surface area contributed by atoms with Crippen LogP contribution in [0.15, 0.2) is 48.0 Å². The Morgan fingerprint density at radius 3 is 2.85 bits per heavy atom. The Labute approximate surface area is 193 Å². The Bertz CT molecular complexity index is 1350. The first-order valence-corrected chi connectivity index (χ1v) is 11.5. The number of carbonyl (C=O) groups excluding carboxylic acids is 2. The van der Waals surface area contributed by atoms with Crippen LogP contribution in [0.2, 0.25) is 0 Å². The van der Waals surface area contributed by atoms with Gasteiger partial charge in [0.25, 0.3) is 0 Å². The lowest BCUT2D eigenvalue weighted by Crippen LogP contribution is -2.38. The fourth-order valence-corrected chi connectivity index (χ4v) is 4.92. The number of thiophene rings is 1. The summed E-state index contributed by atoms with van der Waals surface area (Å²) in [5, 5.41) is 4.57. The molecule has 0 saturated carbocycles. The monoisotopic (exact) mass is 467 g/mol. The number of anilines is 2. The van der Waals surface area contributed by atoms with E-state index in [-0.39, 0.29) is 11.8 Å². The highest BCUT2D eigenvalue weighted by Gasteiger charge is 2.24. The van der Waals surface area contributed by atoms with Crippen molar-refractivity contribution >= 4 is 51.4 Å². The number of urea groups is 1. The molecule has 1 aliphatic rings. The summed E-state index contributed by atoms with van der Waals surface area (Å²) in [5.74, 6) is -0.0329. The molecule has 4 aromatic rings. The molecule has 0 aliphatic carbocycles. The number of carbonyl (C=O) groups is 2. The molecule has 1 fully saturated rings. The van der Waals surface area contributed by atoms with E-state index in [0.717, 1.165) is 23.3 Å². The molecule has 1 N–H and O–H groups in total. The average Bonchev–Trinajstić information content (AvgIpc) is 3.42. The second kappa shape index (κ2) is 8.70. The van der Waals surface area contributed by atoms with Gasteiger partial charge in [0.15, 0.2) is 5.82 Å². The first kappa shape index (κ1) is 21.2. The van der Waals surface area contributed by atoms with Gasteiger partial charge in [-0.15, -0.1) is 11.3 Å². The maximum Gasteiger partial charge on any atom is 0.350 e. The highest BCUT2D eigenvalue weighted by Crippen LogP contribution is 2.27. The number of aromatic nitrogens is 2. The standard InChI is InChI=1S/C23H22FN5O3S/c1-32-22(30)20-16(7-13-33-20)26-23(31)28-9-3-8-27(11-12-28)21-19-4-2-10-29(19)18-6-5-15(24)14-17(18)25-21/h2,4-7,10,13-14H,3,8-9,11-12H2,1H3,(H,26,31). The van der Waals surface area contributed by atoms with Crippen LogP contribution in [0.3, 0.4) is 0 Å². The smallest absolute Gasteiger partial charge is 0.350 e. The molecule has 33 heavy (non-hydrogen) atoms. The molecule has 3 aromatic heterocycles. The van der Waals surface area contributed by atoms with E-state index < -0.39 is 5.97 Å². The van der Waals surface area contributed by atoms with Gasteiger partial charge < -0.3 is 24.3 Å². The fourth-order valence-electron chi connectivity index (χ4n) is 4.15. The Morgan fingerprint density at radius 2 is 2.00 bits per heavy atom. The van der Waals surface area contributed by atoms with Crippen LogP contribution in [0.4, 0.5) is 20.7 Å². The van der Waals surface area contributed by atoms with Crippen LogP contribution in [-0.2, 0) is 4.74 Å². The van der Waals surface area contributed by atoms with E-state index in [2.05, 4.69) is 10.2 Å². The summed E-state index contributed by atoms with van der Waals surface area (Å²) in [4.78, 5) is 33.8. The van der Waals surface area contributed by atoms with Crippen molar-refractivity contribution in [2.75, 3.05) is 43.5 Å². The lowest BCUT2D eigenvalue weighted by Gasteiger charge is -2.24. The van der Waals surface area contributed by atoms with E-state index in [0.29, 0.717) is 42.3 Å². The van der Waals surface area contributed by atoms with Crippen molar-refractivity contribution in [1.82, 2.24) is 14.3 Å². The Hall–Kier alpha value is -3.66. The number of esters is 1. The van der Waals surface area contributed by atoms with Gasteiger partial charge in [-0.05, 0) is 42.1 Å². The van der Waals surface area contributed by atoms with Gasteiger partial charge in [-0.3, -0.25) is 0 Å². The van der Waals surface area contributed by atoms with E-state index in [9.17, 15) is 14.0 Å². The van der Waals surface area contributed by atoms with Gasteiger partial charge in [0, 0.05) is 38.4 Å². The molecule has 0 unspecified atom stereocenters. The maximum atomic E-state index is 13.9. The molecule has 4 heterocycles. The molecule has 10 heteroatoms. The van der Waals surface area contributed by atoms with Gasteiger partial charge in [-0.25, -0.2) is 19.0 Å². The van der Waals surface area contributed by atoms with E-state index in [1.165, 1.54) is 30.6 Å². The SMILES string of the molecule is COC(=O)c1sccc1NC(=O)N1CCCN(c2nc3cc(F)ccc3n3cccc23)CC1.